The van der Waals surface area contributed by atoms with Gasteiger partial charge in [-0.15, -0.1) is 0 Å². The molecule has 0 aliphatic heterocycles. The molecule has 96 valence electrons. The Hall–Kier alpha value is -1.65. The lowest BCUT2D eigenvalue weighted by molar-refractivity contribution is 0.494. The molecule has 0 saturated carbocycles. The van der Waals surface area contributed by atoms with Gasteiger partial charge in [-0.1, -0.05) is 6.07 Å². The van der Waals surface area contributed by atoms with E-state index in [-0.39, 0.29) is 11.9 Å². The standard InChI is InChI=1S/C14H17FN2O/c1-8-4-11(7-12(15)5-8)14(17-16)13-6-9(2)18-10(13)3/h4-7,14,17H,16H2,1-3H3. The average Bonchev–Trinajstić information content (AvgIpc) is 2.58. The smallest absolute Gasteiger partial charge is 0.123 e. The van der Waals surface area contributed by atoms with Gasteiger partial charge in [0.25, 0.3) is 0 Å². The summed E-state index contributed by atoms with van der Waals surface area (Å²) in [6.45, 7) is 5.60. The number of hydrogen-bond acceptors (Lipinski definition) is 3. The molecule has 0 saturated heterocycles. The molecular formula is C14H17FN2O. The fourth-order valence-electron chi connectivity index (χ4n) is 2.23. The van der Waals surface area contributed by atoms with Crippen LogP contribution in [0.25, 0.3) is 0 Å². The van der Waals surface area contributed by atoms with Crippen LogP contribution in [0, 0.1) is 26.6 Å². The first-order valence-corrected chi connectivity index (χ1v) is 5.81. The van der Waals surface area contributed by atoms with Crippen molar-refractivity contribution in [1.82, 2.24) is 5.43 Å². The molecule has 0 fully saturated rings. The average molecular weight is 248 g/mol. The van der Waals surface area contributed by atoms with Crippen molar-refractivity contribution in [2.24, 2.45) is 5.84 Å². The second-order valence-electron chi connectivity index (χ2n) is 4.53. The highest BCUT2D eigenvalue weighted by Gasteiger charge is 2.18. The quantitative estimate of drug-likeness (QED) is 0.648. The van der Waals surface area contributed by atoms with Gasteiger partial charge in [0, 0.05) is 5.56 Å². The van der Waals surface area contributed by atoms with E-state index < -0.39 is 0 Å². The molecule has 0 bridgehead atoms. The van der Waals surface area contributed by atoms with Crippen molar-refractivity contribution in [3.8, 4) is 0 Å². The lowest BCUT2D eigenvalue weighted by Gasteiger charge is -2.16. The Balaban J connectivity index is 2.48. The SMILES string of the molecule is Cc1cc(F)cc(C(NN)c2cc(C)oc2C)c1. The van der Waals surface area contributed by atoms with E-state index in [9.17, 15) is 4.39 Å². The van der Waals surface area contributed by atoms with E-state index in [1.54, 1.807) is 0 Å². The van der Waals surface area contributed by atoms with Crippen LogP contribution in [0.5, 0.6) is 0 Å². The van der Waals surface area contributed by atoms with Crippen molar-refractivity contribution in [2.75, 3.05) is 0 Å². The minimum absolute atomic E-state index is 0.261. The number of nitrogens with one attached hydrogen (secondary N) is 1. The molecule has 1 unspecified atom stereocenters. The number of aryl methyl sites for hydroxylation is 3. The van der Waals surface area contributed by atoms with E-state index in [2.05, 4.69) is 5.43 Å². The summed E-state index contributed by atoms with van der Waals surface area (Å²) < 4.78 is 18.9. The maximum absolute atomic E-state index is 13.5. The topological polar surface area (TPSA) is 51.2 Å². The molecule has 0 aliphatic rings. The first kappa shape index (κ1) is 12.8. The summed E-state index contributed by atoms with van der Waals surface area (Å²) in [5.41, 5.74) is 5.30. The first-order chi connectivity index (χ1) is 8.51. The molecule has 3 nitrogen and oxygen atoms in total. The molecule has 0 amide bonds. The summed E-state index contributed by atoms with van der Waals surface area (Å²) in [6.07, 6.45) is 0. The van der Waals surface area contributed by atoms with Gasteiger partial charge in [0.05, 0.1) is 6.04 Å². The van der Waals surface area contributed by atoms with Gasteiger partial charge in [-0.2, -0.15) is 0 Å². The van der Waals surface area contributed by atoms with Gasteiger partial charge >= 0.3 is 0 Å². The highest BCUT2D eigenvalue weighted by atomic mass is 19.1. The molecule has 2 aromatic rings. The molecule has 3 N–H and O–H groups in total. The third-order valence-corrected chi connectivity index (χ3v) is 2.95. The van der Waals surface area contributed by atoms with E-state index in [0.29, 0.717) is 0 Å². The van der Waals surface area contributed by atoms with Gasteiger partial charge in [-0.25, -0.2) is 9.82 Å². The van der Waals surface area contributed by atoms with Crippen LogP contribution >= 0.6 is 0 Å². The van der Waals surface area contributed by atoms with E-state index >= 15 is 0 Å². The van der Waals surface area contributed by atoms with Crippen LogP contribution in [-0.2, 0) is 0 Å². The van der Waals surface area contributed by atoms with Gasteiger partial charge in [0.2, 0.25) is 0 Å². The number of halogens is 1. The molecular weight excluding hydrogens is 231 g/mol. The van der Waals surface area contributed by atoms with Gasteiger partial charge in [0.1, 0.15) is 17.3 Å². The summed E-state index contributed by atoms with van der Waals surface area (Å²) in [6, 6.07) is 6.54. The molecule has 0 spiro atoms. The maximum atomic E-state index is 13.5. The summed E-state index contributed by atoms with van der Waals surface area (Å²) in [4.78, 5) is 0. The zero-order valence-corrected chi connectivity index (χ0v) is 10.8. The summed E-state index contributed by atoms with van der Waals surface area (Å²) in [5.74, 6) is 6.94. The normalized spacial score (nSPS) is 12.7. The number of rotatable bonds is 3. The summed E-state index contributed by atoms with van der Waals surface area (Å²) in [5, 5.41) is 0. The van der Waals surface area contributed by atoms with Crippen molar-refractivity contribution < 1.29 is 8.81 Å². The first-order valence-electron chi connectivity index (χ1n) is 5.81. The number of furan rings is 1. The van der Waals surface area contributed by atoms with Crippen LogP contribution in [0.3, 0.4) is 0 Å². The fourth-order valence-corrected chi connectivity index (χ4v) is 2.23. The minimum atomic E-state index is -0.267. The monoisotopic (exact) mass is 248 g/mol. The lowest BCUT2D eigenvalue weighted by atomic mass is 9.98. The number of hydrogen-bond donors (Lipinski definition) is 2. The summed E-state index contributed by atoms with van der Waals surface area (Å²) >= 11 is 0. The van der Waals surface area contributed by atoms with Crippen LogP contribution in [0.2, 0.25) is 0 Å². The van der Waals surface area contributed by atoms with Crippen LogP contribution in [0.15, 0.2) is 28.7 Å². The Labute approximate surface area is 106 Å². The predicted molar refractivity (Wildman–Crippen MR) is 68.5 cm³/mol. The van der Waals surface area contributed by atoms with Gasteiger partial charge < -0.3 is 4.42 Å². The molecule has 1 aromatic carbocycles. The Morgan fingerprint density at radius 3 is 2.39 bits per heavy atom. The lowest BCUT2D eigenvalue weighted by Crippen LogP contribution is -2.29. The highest BCUT2D eigenvalue weighted by Crippen LogP contribution is 2.27. The second-order valence-corrected chi connectivity index (χ2v) is 4.53. The van der Waals surface area contributed by atoms with E-state index in [4.69, 9.17) is 10.3 Å². The van der Waals surface area contributed by atoms with Gasteiger partial charge in [0.15, 0.2) is 0 Å². The largest absolute Gasteiger partial charge is 0.466 e. The van der Waals surface area contributed by atoms with Crippen molar-refractivity contribution in [1.29, 1.82) is 0 Å². The molecule has 1 aromatic heterocycles. The molecule has 0 radical (unpaired) electrons. The highest BCUT2D eigenvalue weighted by molar-refractivity contribution is 5.36. The number of nitrogens with two attached hydrogens (primary N) is 1. The van der Waals surface area contributed by atoms with Crippen molar-refractivity contribution in [3.05, 3.63) is 58.3 Å². The van der Waals surface area contributed by atoms with Crippen LogP contribution in [0.4, 0.5) is 4.39 Å². The zero-order chi connectivity index (χ0) is 13.3. The van der Waals surface area contributed by atoms with Crippen molar-refractivity contribution in [2.45, 2.75) is 26.8 Å². The zero-order valence-electron chi connectivity index (χ0n) is 10.8. The summed E-state index contributed by atoms with van der Waals surface area (Å²) in [7, 11) is 0. The maximum Gasteiger partial charge on any atom is 0.123 e. The molecule has 0 aliphatic carbocycles. The fraction of sp³-hybridized carbons (Fsp3) is 0.286. The van der Waals surface area contributed by atoms with E-state index in [0.717, 1.165) is 28.2 Å². The Kier molecular flexibility index (Phi) is 3.50. The van der Waals surface area contributed by atoms with Crippen molar-refractivity contribution >= 4 is 0 Å². The molecule has 1 heterocycles. The minimum Gasteiger partial charge on any atom is -0.466 e. The van der Waals surface area contributed by atoms with Crippen LogP contribution in [-0.4, -0.2) is 0 Å². The Morgan fingerprint density at radius 2 is 1.89 bits per heavy atom. The predicted octanol–water partition coefficient (Wildman–Crippen LogP) is 2.90. The Bertz CT molecular complexity index is 543. The third kappa shape index (κ3) is 2.44. The van der Waals surface area contributed by atoms with Gasteiger partial charge in [-0.05, 0) is 50.1 Å². The third-order valence-electron chi connectivity index (χ3n) is 2.95. The van der Waals surface area contributed by atoms with E-state index in [1.165, 1.54) is 12.1 Å². The number of hydrazine groups is 1. The molecule has 18 heavy (non-hydrogen) atoms. The van der Waals surface area contributed by atoms with Crippen LogP contribution < -0.4 is 11.3 Å². The Morgan fingerprint density at radius 1 is 1.17 bits per heavy atom. The van der Waals surface area contributed by atoms with E-state index in [1.807, 2.05) is 32.9 Å². The van der Waals surface area contributed by atoms with Gasteiger partial charge in [-0.3, -0.25) is 5.84 Å². The number of benzene rings is 1. The molecule has 4 heteroatoms. The second kappa shape index (κ2) is 4.92. The molecule has 2 rings (SSSR count). The molecule has 1 atom stereocenters. The van der Waals surface area contributed by atoms with Crippen molar-refractivity contribution in [3.63, 3.8) is 0 Å². The van der Waals surface area contributed by atoms with Crippen LogP contribution in [0.1, 0.15) is 34.3 Å².